The Hall–Kier alpha value is -2.33. The van der Waals surface area contributed by atoms with Gasteiger partial charge in [0.05, 0.1) is 22.5 Å². The smallest absolute Gasteiger partial charge is 0.261 e. The van der Waals surface area contributed by atoms with Crippen LogP contribution in [0.1, 0.15) is 5.56 Å². The second-order valence-corrected chi connectivity index (χ2v) is 10.2. The maximum atomic E-state index is 12.4. The third-order valence-electron chi connectivity index (χ3n) is 3.75. The van der Waals surface area contributed by atoms with Gasteiger partial charge in [-0.05, 0) is 48.5 Å². The van der Waals surface area contributed by atoms with Crippen molar-refractivity contribution in [2.75, 3.05) is 9.44 Å². The maximum Gasteiger partial charge on any atom is 0.261 e. The van der Waals surface area contributed by atoms with Crippen LogP contribution < -0.4 is 9.44 Å². The third kappa shape index (κ3) is 5.60. The van der Waals surface area contributed by atoms with Gasteiger partial charge in [-0.3, -0.25) is 14.4 Å². The zero-order chi connectivity index (χ0) is 21.1. The number of nitrogens with one attached hydrogen (secondary N) is 2. The Kier molecular flexibility index (Phi) is 6.33. The van der Waals surface area contributed by atoms with Crippen molar-refractivity contribution in [2.24, 2.45) is 0 Å². The van der Waals surface area contributed by atoms with Crippen LogP contribution in [-0.4, -0.2) is 21.8 Å². The van der Waals surface area contributed by atoms with E-state index in [1.165, 1.54) is 36.7 Å². The normalized spacial score (nSPS) is 11.8. The minimum atomic E-state index is -3.84. The molecule has 29 heavy (non-hydrogen) atoms. The molecule has 1 heterocycles. The summed E-state index contributed by atoms with van der Waals surface area (Å²) >= 11 is 12.0. The molecule has 2 N–H and O–H groups in total. The first-order valence-electron chi connectivity index (χ1n) is 8.13. The highest BCUT2D eigenvalue weighted by atomic mass is 35.5. The molecule has 0 saturated carbocycles. The van der Waals surface area contributed by atoms with Crippen LogP contribution in [-0.2, 0) is 25.8 Å². The molecular weight excluding hydrogens is 457 g/mol. The quantitative estimate of drug-likeness (QED) is 0.538. The van der Waals surface area contributed by atoms with Gasteiger partial charge in [-0.1, -0.05) is 29.3 Å². The number of hydrogen-bond donors (Lipinski definition) is 2. The molecule has 0 spiro atoms. The van der Waals surface area contributed by atoms with Gasteiger partial charge in [0.2, 0.25) is 10.0 Å². The van der Waals surface area contributed by atoms with Crippen molar-refractivity contribution in [3.05, 3.63) is 82.6 Å². The number of hydrogen-bond acceptors (Lipinski definition) is 5. The molecule has 2 aromatic carbocycles. The average Bonchev–Trinajstić information content (AvgIpc) is 2.65. The Labute approximate surface area is 178 Å². The van der Waals surface area contributed by atoms with Crippen LogP contribution in [0.3, 0.4) is 0 Å². The first kappa shape index (κ1) is 21.4. The second-order valence-electron chi connectivity index (χ2n) is 5.93. The highest BCUT2D eigenvalue weighted by Gasteiger charge is 2.18. The highest BCUT2D eigenvalue weighted by Crippen LogP contribution is 2.27. The zero-order valence-corrected chi connectivity index (χ0v) is 17.9. The molecule has 7 nitrogen and oxygen atoms in total. The van der Waals surface area contributed by atoms with Crippen molar-refractivity contribution in [3.63, 3.8) is 0 Å². The number of rotatable bonds is 7. The van der Waals surface area contributed by atoms with Gasteiger partial charge in [-0.25, -0.2) is 16.8 Å². The second kappa shape index (κ2) is 8.58. The van der Waals surface area contributed by atoms with E-state index in [2.05, 4.69) is 14.4 Å². The lowest BCUT2D eigenvalue weighted by molar-refractivity contribution is 0.599. The first-order valence-corrected chi connectivity index (χ1v) is 12.0. The predicted molar refractivity (Wildman–Crippen MR) is 114 cm³/mol. The Morgan fingerprint density at radius 2 is 1.45 bits per heavy atom. The number of pyridine rings is 1. The lowest BCUT2D eigenvalue weighted by Gasteiger charge is -2.11. The molecule has 11 heteroatoms. The largest absolute Gasteiger partial charge is 0.283 e. The number of sulfonamides is 2. The summed E-state index contributed by atoms with van der Waals surface area (Å²) in [6.45, 7) is 0. The van der Waals surface area contributed by atoms with E-state index in [9.17, 15) is 16.8 Å². The van der Waals surface area contributed by atoms with Crippen molar-refractivity contribution in [2.45, 2.75) is 10.6 Å². The van der Waals surface area contributed by atoms with Crippen molar-refractivity contribution in [1.82, 2.24) is 4.98 Å². The monoisotopic (exact) mass is 471 g/mol. The molecule has 3 aromatic rings. The van der Waals surface area contributed by atoms with Gasteiger partial charge in [0, 0.05) is 27.5 Å². The van der Waals surface area contributed by atoms with Crippen molar-refractivity contribution in [1.29, 1.82) is 0 Å². The van der Waals surface area contributed by atoms with Crippen LogP contribution in [0, 0.1) is 0 Å². The Morgan fingerprint density at radius 1 is 0.793 bits per heavy atom. The van der Waals surface area contributed by atoms with Crippen LogP contribution in [0.2, 0.25) is 10.0 Å². The molecule has 0 saturated heterocycles. The summed E-state index contributed by atoms with van der Waals surface area (Å²) in [5.74, 6) is -0.423. The fraction of sp³-hybridized carbons (Fsp3) is 0.0556. The molecule has 0 radical (unpaired) electrons. The van der Waals surface area contributed by atoms with Crippen LogP contribution >= 0.6 is 23.2 Å². The topological polar surface area (TPSA) is 105 Å². The number of aromatic nitrogens is 1. The van der Waals surface area contributed by atoms with Crippen LogP contribution in [0.25, 0.3) is 0 Å². The van der Waals surface area contributed by atoms with Gasteiger partial charge in [-0.15, -0.1) is 0 Å². The minimum Gasteiger partial charge on any atom is -0.283 e. The molecule has 0 fully saturated rings. The van der Waals surface area contributed by atoms with E-state index in [-0.39, 0.29) is 26.2 Å². The summed E-state index contributed by atoms with van der Waals surface area (Å²) < 4.78 is 54.4. The maximum absolute atomic E-state index is 12.4. The molecular formula is C18H15Cl2N3O4S2. The molecule has 1 aromatic heterocycles. The molecule has 0 amide bonds. The van der Waals surface area contributed by atoms with Crippen molar-refractivity contribution in [3.8, 4) is 0 Å². The fourth-order valence-electron chi connectivity index (χ4n) is 2.42. The van der Waals surface area contributed by atoms with Gasteiger partial charge >= 0.3 is 0 Å². The number of halogens is 2. The number of nitrogens with zero attached hydrogens (tertiary/aromatic N) is 1. The summed E-state index contributed by atoms with van der Waals surface area (Å²) in [4.78, 5) is 3.81. The van der Waals surface area contributed by atoms with E-state index in [1.807, 2.05) is 0 Å². The Morgan fingerprint density at radius 3 is 2.03 bits per heavy atom. The van der Waals surface area contributed by atoms with E-state index in [0.29, 0.717) is 5.69 Å². The summed E-state index contributed by atoms with van der Waals surface area (Å²) in [6, 6.07) is 13.2. The van der Waals surface area contributed by atoms with Crippen LogP contribution in [0.5, 0.6) is 0 Å². The number of anilines is 2. The van der Waals surface area contributed by atoms with E-state index in [1.54, 1.807) is 30.3 Å². The molecule has 0 bridgehead atoms. The molecule has 152 valence electrons. The Balaban J connectivity index is 1.74. The van der Waals surface area contributed by atoms with Crippen molar-refractivity contribution >= 4 is 54.6 Å². The lowest BCUT2D eigenvalue weighted by Crippen LogP contribution is -2.16. The zero-order valence-electron chi connectivity index (χ0n) is 14.7. The van der Waals surface area contributed by atoms with Gasteiger partial charge in [0.25, 0.3) is 10.0 Å². The van der Waals surface area contributed by atoms with E-state index in [0.717, 1.165) is 0 Å². The van der Waals surface area contributed by atoms with E-state index < -0.39 is 25.8 Å². The van der Waals surface area contributed by atoms with Crippen LogP contribution in [0.4, 0.5) is 11.4 Å². The molecule has 0 aliphatic heterocycles. The lowest BCUT2D eigenvalue weighted by atomic mass is 10.2. The molecule has 0 aliphatic carbocycles. The molecule has 3 rings (SSSR count). The summed E-state index contributed by atoms with van der Waals surface area (Å²) in [5.41, 5.74) is 0.797. The van der Waals surface area contributed by atoms with Gasteiger partial charge in [-0.2, -0.15) is 0 Å². The van der Waals surface area contributed by atoms with Crippen molar-refractivity contribution < 1.29 is 16.8 Å². The number of benzene rings is 2. The van der Waals surface area contributed by atoms with Gasteiger partial charge < -0.3 is 0 Å². The summed E-state index contributed by atoms with van der Waals surface area (Å²) in [7, 11) is -7.66. The van der Waals surface area contributed by atoms with Gasteiger partial charge in [0.15, 0.2) is 0 Å². The van der Waals surface area contributed by atoms with Crippen LogP contribution in [0.15, 0.2) is 71.9 Å². The molecule has 0 atom stereocenters. The minimum absolute atomic E-state index is 0.0292. The predicted octanol–water partition coefficient (Wildman–Crippen LogP) is 4.13. The first-order chi connectivity index (χ1) is 13.7. The fourth-order valence-corrected chi connectivity index (χ4v) is 5.41. The van der Waals surface area contributed by atoms with Gasteiger partial charge in [0.1, 0.15) is 0 Å². The Bertz CT molecular complexity index is 1200. The van der Waals surface area contributed by atoms with E-state index in [4.69, 9.17) is 23.2 Å². The average molecular weight is 472 g/mol. The van der Waals surface area contributed by atoms with E-state index >= 15 is 0 Å². The molecule has 0 unspecified atom stereocenters. The molecule has 0 aliphatic rings. The third-order valence-corrected chi connectivity index (χ3v) is 7.07. The SMILES string of the molecule is O=S(=O)(Cc1c(Cl)cccc1Cl)Nc1ccc(S(=O)(=O)Nc2cccnc2)cc1. The highest BCUT2D eigenvalue weighted by molar-refractivity contribution is 7.92. The standard InChI is InChI=1S/C18H15Cl2N3O4S2/c19-17-4-1-5-18(20)16(17)12-28(24,25)22-13-6-8-15(9-7-13)29(26,27)23-14-3-2-10-21-11-14/h1-11,22-23H,12H2. The summed E-state index contributed by atoms with van der Waals surface area (Å²) in [5, 5.41) is 0.483. The summed E-state index contributed by atoms with van der Waals surface area (Å²) in [6.07, 6.45) is 2.90.